The summed E-state index contributed by atoms with van der Waals surface area (Å²) in [6, 6.07) is 2.91. The van der Waals surface area contributed by atoms with Crippen molar-refractivity contribution >= 4 is 42.6 Å². The molecule has 1 atom stereocenters. The Morgan fingerprint density at radius 2 is 2.08 bits per heavy atom. The van der Waals surface area contributed by atoms with Crippen LogP contribution in [0.2, 0.25) is 0 Å². The molecule has 3 heterocycles. The average molecular weight is 383 g/mol. The molecule has 4 rings (SSSR count). The van der Waals surface area contributed by atoms with Crippen LogP contribution >= 0.6 is 11.3 Å². The van der Waals surface area contributed by atoms with Gasteiger partial charge in [0.25, 0.3) is 0 Å². The van der Waals surface area contributed by atoms with E-state index < -0.39 is 16.1 Å². The van der Waals surface area contributed by atoms with Crippen molar-refractivity contribution in [2.45, 2.75) is 25.3 Å². The van der Waals surface area contributed by atoms with E-state index in [1.165, 1.54) is 15.6 Å². The summed E-state index contributed by atoms with van der Waals surface area (Å²) in [5, 5.41) is 3.19. The van der Waals surface area contributed by atoms with Crippen molar-refractivity contribution in [1.29, 1.82) is 0 Å². The number of carbonyl (C=O) groups is 1. The van der Waals surface area contributed by atoms with Gasteiger partial charge in [0.05, 0.1) is 16.5 Å². The minimum atomic E-state index is -3.42. The molecule has 10 heteroatoms. The molecule has 1 unspecified atom stereocenters. The van der Waals surface area contributed by atoms with E-state index in [-0.39, 0.29) is 12.7 Å². The van der Waals surface area contributed by atoms with Crippen molar-refractivity contribution in [1.82, 2.24) is 9.29 Å². The van der Waals surface area contributed by atoms with E-state index in [4.69, 9.17) is 9.47 Å². The van der Waals surface area contributed by atoms with Gasteiger partial charge in [0, 0.05) is 18.7 Å². The number of sulfonamides is 1. The fourth-order valence-electron chi connectivity index (χ4n) is 3.12. The molecule has 134 valence electrons. The smallest absolute Gasteiger partial charge is 0.244 e. The molecule has 0 radical (unpaired) electrons. The molecule has 25 heavy (non-hydrogen) atoms. The first kappa shape index (κ1) is 16.6. The SMILES string of the molecule is CS(=O)(=O)N1CCCCC1C(=O)Nc1nc2cc3c(cc2s1)OCO3. The Bertz CT molecular complexity index is 899. The third-order valence-corrected chi connectivity index (χ3v) is 6.52. The molecule has 1 aromatic carbocycles. The van der Waals surface area contributed by atoms with Gasteiger partial charge in [0.2, 0.25) is 22.7 Å². The number of thiazole rings is 1. The normalized spacial score (nSPS) is 20.8. The predicted molar refractivity (Wildman–Crippen MR) is 93.6 cm³/mol. The first-order chi connectivity index (χ1) is 11.9. The van der Waals surface area contributed by atoms with Gasteiger partial charge in [0.1, 0.15) is 6.04 Å². The zero-order chi connectivity index (χ0) is 17.6. The highest BCUT2D eigenvalue weighted by atomic mass is 32.2. The number of benzene rings is 1. The Hall–Kier alpha value is -1.91. The Morgan fingerprint density at radius 3 is 2.84 bits per heavy atom. The number of hydrogen-bond acceptors (Lipinski definition) is 7. The summed E-state index contributed by atoms with van der Waals surface area (Å²) < 4.78 is 36.6. The molecule has 2 aromatic rings. The van der Waals surface area contributed by atoms with Gasteiger partial charge in [-0.1, -0.05) is 17.8 Å². The van der Waals surface area contributed by atoms with E-state index >= 15 is 0 Å². The largest absolute Gasteiger partial charge is 0.454 e. The second-order valence-electron chi connectivity index (χ2n) is 6.07. The van der Waals surface area contributed by atoms with Crippen LogP contribution in [-0.4, -0.2) is 49.2 Å². The van der Waals surface area contributed by atoms with E-state index in [1.54, 1.807) is 6.07 Å². The Kier molecular flexibility index (Phi) is 4.05. The van der Waals surface area contributed by atoms with Crippen molar-refractivity contribution in [3.63, 3.8) is 0 Å². The highest BCUT2D eigenvalue weighted by molar-refractivity contribution is 7.88. The number of anilines is 1. The maximum Gasteiger partial charge on any atom is 0.244 e. The summed E-state index contributed by atoms with van der Waals surface area (Å²) in [4.78, 5) is 17.0. The zero-order valence-electron chi connectivity index (χ0n) is 13.5. The summed E-state index contributed by atoms with van der Waals surface area (Å²) in [6.45, 7) is 0.567. The molecule has 0 saturated carbocycles. The lowest BCUT2D eigenvalue weighted by molar-refractivity contribution is -0.120. The van der Waals surface area contributed by atoms with Crippen LogP contribution in [-0.2, 0) is 14.8 Å². The van der Waals surface area contributed by atoms with Crippen molar-refractivity contribution in [3.05, 3.63) is 12.1 Å². The van der Waals surface area contributed by atoms with Crippen LogP contribution in [0, 0.1) is 0 Å². The molecule has 8 nitrogen and oxygen atoms in total. The summed E-state index contributed by atoms with van der Waals surface area (Å²) in [5.41, 5.74) is 0.702. The van der Waals surface area contributed by atoms with E-state index in [2.05, 4.69) is 10.3 Å². The minimum absolute atomic E-state index is 0.194. The fraction of sp³-hybridized carbons (Fsp3) is 0.467. The van der Waals surface area contributed by atoms with E-state index in [9.17, 15) is 13.2 Å². The van der Waals surface area contributed by atoms with Crippen LogP contribution in [0.3, 0.4) is 0 Å². The number of ether oxygens (including phenoxy) is 2. The van der Waals surface area contributed by atoms with E-state index in [0.717, 1.165) is 23.8 Å². The lowest BCUT2D eigenvalue weighted by atomic mass is 10.0. The standard InChI is InChI=1S/C15H17N3O5S2/c1-25(20,21)18-5-3-2-4-10(18)14(19)17-15-16-9-6-11-12(23-8-22-11)7-13(9)24-15/h6-7,10H,2-5,8H2,1H3,(H,16,17,19). The first-order valence-electron chi connectivity index (χ1n) is 7.90. The minimum Gasteiger partial charge on any atom is -0.454 e. The number of carbonyl (C=O) groups excluding carboxylic acids is 1. The molecular weight excluding hydrogens is 366 g/mol. The van der Waals surface area contributed by atoms with Gasteiger partial charge in [-0.25, -0.2) is 13.4 Å². The summed E-state index contributed by atoms with van der Waals surface area (Å²) >= 11 is 1.32. The summed E-state index contributed by atoms with van der Waals surface area (Å²) in [7, 11) is -3.42. The molecule has 1 saturated heterocycles. The Balaban J connectivity index is 1.57. The zero-order valence-corrected chi connectivity index (χ0v) is 15.2. The van der Waals surface area contributed by atoms with Crippen molar-refractivity contribution in [2.75, 3.05) is 24.9 Å². The molecule has 1 N–H and O–H groups in total. The number of amides is 1. The van der Waals surface area contributed by atoms with Crippen LogP contribution in [0.25, 0.3) is 10.2 Å². The maximum atomic E-state index is 12.6. The molecule has 0 spiro atoms. The van der Waals surface area contributed by atoms with Crippen LogP contribution in [0.15, 0.2) is 12.1 Å². The average Bonchev–Trinajstić information content (AvgIpc) is 3.16. The van der Waals surface area contributed by atoms with Crippen molar-refractivity contribution in [2.24, 2.45) is 0 Å². The van der Waals surface area contributed by atoms with Crippen LogP contribution in [0.1, 0.15) is 19.3 Å². The van der Waals surface area contributed by atoms with Gasteiger partial charge in [-0.05, 0) is 12.8 Å². The van der Waals surface area contributed by atoms with Gasteiger partial charge in [-0.2, -0.15) is 4.31 Å². The maximum absolute atomic E-state index is 12.6. The third kappa shape index (κ3) is 3.16. The lowest BCUT2D eigenvalue weighted by Crippen LogP contribution is -2.49. The molecule has 0 aliphatic carbocycles. The molecule has 0 bridgehead atoms. The number of aromatic nitrogens is 1. The number of nitrogens with zero attached hydrogens (tertiary/aromatic N) is 2. The van der Waals surface area contributed by atoms with Gasteiger partial charge >= 0.3 is 0 Å². The molecule has 2 aliphatic heterocycles. The molecule has 1 fully saturated rings. The highest BCUT2D eigenvalue weighted by Gasteiger charge is 2.34. The molecule has 2 aliphatic rings. The Labute approximate surface area is 148 Å². The second-order valence-corrected chi connectivity index (χ2v) is 9.03. The first-order valence-corrected chi connectivity index (χ1v) is 10.6. The van der Waals surface area contributed by atoms with Crippen molar-refractivity contribution < 1.29 is 22.7 Å². The topological polar surface area (TPSA) is 97.8 Å². The van der Waals surface area contributed by atoms with E-state index in [1.807, 2.05) is 6.07 Å². The monoisotopic (exact) mass is 383 g/mol. The fourth-order valence-corrected chi connectivity index (χ4v) is 5.13. The number of hydrogen-bond donors (Lipinski definition) is 1. The highest BCUT2D eigenvalue weighted by Crippen LogP contribution is 2.39. The summed E-state index contributed by atoms with van der Waals surface area (Å²) in [6.07, 6.45) is 3.24. The van der Waals surface area contributed by atoms with E-state index in [0.29, 0.717) is 35.1 Å². The quantitative estimate of drug-likeness (QED) is 0.868. The van der Waals surface area contributed by atoms with Crippen LogP contribution < -0.4 is 14.8 Å². The third-order valence-electron chi connectivity index (χ3n) is 4.30. The number of fused-ring (bicyclic) bond motifs is 2. The Morgan fingerprint density at radius 1 is 1.32 bits per heavy atom. The van der Waals surface area contributed by atoms with Crippen LogP contribution in [0.5, 0.6) is 11.5 Å². The molecule has 1 aromatic heterocycles. The number of rotatable bonds is 3. The second kappa shape index (κ2) is 6.11. The number of piperidine rings is 1. The molecular formula is C15H17N3O5S2. The van der Waals surface area contributed by atoms with Crippen LogP contribution in [0.4, 0.5) is 5.13 Å². The number of nitrogens with one attached hydrogen (secondary N) is 1. The lowest BCUT2D eigenvalue weighted by Gasteiger charge is -2.32. The van der Waals surface area contributed by atoms with Gasteiger partial charge < -0.3 is 14.8 Å². The summed E-state index contributed by atoms with van der Waals surface area (Å²) in [5.74, 6) is 0.944. The van der Waals surface area contributed by atoms with Gasteiger partial charge in [0.15, 0.2) is 16.6 Å². The van der Waals surface area contributed by atoms with Gasteiger partial charge in [-0.15, -0.1) is 0 Å². The van der Waals surface area contributed by atoms with Gasteiger partial charge in [-0.3, -0.25) is 4.79 Å². The molecule has 1 amide bonds. The predicted octanol–water partition coefficient (Wildman–Crippen LogP) is 1.78. The van der Waals surface area contributed by atoms with Crippen molar-refractivity contribution in [3.8, 4) is 11.5 Å².